The van der Waals surface area contributed by atoms with Crippen molar-refractivity contribution in [1.82, 2.24) is 0 Å². The minimum absolute atomic E-state index is 0. The van der Waals surface area contributed by atoms with Gasteiger partial charge in [0, 0.05) is 29.9 Å². The Hall–Kier alpha value is -0.541. The van der Waals surface area contributed by atoms with Crippen LogP contribution >= 0.6 is 0 Å². The molecule has 0 spiro atoms. The molecule has 0 unspecified atom stereocenters. The van der Waals surface area contributed by atoms with Crippen LogP contribution in [0.2, 0.25) is 0 Å². The molecular weight excluding hydrogens is 312 g/mol. The predicted octanol–water partition coefficient (Wildman–Crippen LogP) is 4.86. The number of hydrogen-bond acceptors (Lipinski definition) is 2. The SMILES string of the molecule is CCCCCCCC(=O)O.CCCCCCCC(=O)O.[Fe]. The summed E-state index contributed by atoms with van der Waals surface area (Å²) in [4.78, 5) is 20.1. The normalized spacial score (nSPS) is 9.24. The predicted molar refractivity (Wildman–Crippen MR) is 82.0 cm³/mol. The summed E-state index contributed by atoms with van der Waals surface area (Å²) in [5.41, 5.74) is 0. The number of carboxylic acids is 2. The van der Waals surface area contributed by atoms with Crippen LogP contribution in [0, 0.1) is 0 Å². The van der Waals surface area contributed by atoms with Crippen LogP contribution in [0.15, 0.2) is 0 Å². The number of unbranched alkanes of at least 4 members (excludes halogenated alkanes) is 8. The summed E-state index contributed by atoms with van der Waals surface area (Å²) in [5.74, 6) is -1.34. The van der Waals surface area contributed by atoms with Crippen LogP contribution in [-0.4, -0.2) is 22.2 Å². The zero-order valence-corrected chi connectivity index (χ0v) is 14.7. The van der Waals surface area contributed by atoms with Crippen molar-refractivity contribution < 1.29 is 36.9 Å². The topological polar surface area (TPSA) is 74.6 Å². The van der Waals surface area contributed by atoms with E-state index in [0.717, 1.165) is 25.7 Å². The molecule has 128 valence electrons. The van der Waals surface area contributed by atoms with Gasteiger partial charge in [-0.3, -0.25) is 9.59 Å². The number of rotatable bonds is 12. The Balaban J connectivity index is -0.000000295. The van der Waals surface area contributed by atoms with Crippen molar-refractivity contribution in [3.05, 3.63) is 0 Å². The minimum Gasteiger partial charge on any atom is -0.481 e. The number of aliphatic carboxylic acids is 2. The fraction of sp³-hybridized carbons (Fsp3) is 0.875. The third-order valence-corrected chi connectivity index (χ3v) is 2.99. The van der Waals surface area contributed by atoms with Crippen LogP contribution < -0.4 is 0 Å². The average Bonchev–Trinajstić information content (AvgIpc) is 2.38. The summed E-state index contributed by atoms with van der Waals surface area (Å²) in [7, 11) is 0. The maximum absolute atomic E-state index is 10.0. The smallest absolute Gasteiger partial charge is 0.303 e. The Kier molecular flexibility index (Phi) is 26.3. The monoisotopic (exact) mass is 344 g/mol. The van der Waals surface area contributed by atoms with Crippen molar-refractivity contribution >= 4 is 11.9 Å². The van der Waals surface area contributed by atoms with Crippen LogP contribution in [0.4, 0.5) is 0 Å². The van der Waals surface area contributed by atoms with E-state index in [9.17, 15) is 9.59 Å². The molecule has 0 saturated heterocycles. The first-order chi connectivity index (χ1) is 9.54. The van der Waals surface area contributed by atoms with Gasteiger partial charge >= 0.3 is 11.9 Å². The largest absolute Gasteiger partial charge is 0.481 e. The summed E-state index contributed by atoms with van der Waals surface area (Å²) >= 11 is 0. The average molecular weight is 344 g/mol. The molecule has 0 aromatic carbocycles. The zero-order chi connectivity index (χ0) is 15.6. The van der Waals surface area contributed by atoms with Gasteiger partial charge < -0.3 is 10.2 Å². The molecule has 0 bridgehead atoms. The molecule has 0 fully saturated rings. The second kappa shape index (κ2) is 21.8. The molecule has 0 atom stereocenters. The summed E-state index contributed by atoms with van der Waals surface area (Å²) in [6.45, 7) is 4.30. The van der Waals surface area contributed by atoms with Gasteiger partial charge in [-0.15, -0.1) is 0 Å². The van der Waals surface area contributed by atoms with Crippen LogP contribution in [-0.2, 0) is 26.7 Å². The van der Waals surface area contributed by atoms with Gasteiger partial charge in [0.1, 0.15) is 0 Å². The maximum Gasteiger partial charge on any atom is 0.303 e. The van der Waals surface area contributed by atoms with Crippen molar-refractivity contribution in [3.63, 3.8) is 0 Å². The molecular formula is C16H32FeO4. The quantitative estimate of drug-likeness (QED) is 0.392. The van der Waals surface area contributed by atoms with Crippen molar-refractivity contribution in [2.75, 3.05) is 0 Å². The van der Waals surface area contributed by atoms with Crippen LogP contribution in [0.1, 0.15) is 90.9 Å². The zero-order valence-electron chi connectivity index (χ0n) is 13.5. The maximum atomic E-state index is 10.0. The van der Waals surface area contributed by atoms with Gasteiger partial charge in [-0.05, 0) is 12.8 Å². The molecule has 5 heteroatoms. The molecule has 0 rings (SSSR count). The summed E-state index contributed by atoms with van der Waals surface area (Å²) in [6.07, 6.45) is 11.8. The van der Waals surface area contributed by atoms with E-state index in [2.05, 4.69) is 13.8 Å². The molecule has 0 aliphatic carbocycles. The molecule has 2 N–H and O–H groups in total. The van der Waals surface area contributed by atoms with Crippen molar-refractivity contribution in [3.8, 4) is 0 Å². The Bertz CT molecular complexity index is 208. The third-order valence-electron chi connectivity index (χ3n) is 2.99. The Morgan fingerprint density at radius 2 is 0.905 bits per heavy atom. The molecule has 0 aromatic rings. The minimum atomic E-state index is -0.670. The third kappa shape index (κ3) is 32.7. The van der Waals surface area contributed by atoms with E-state index in [4.69, 9.17) is 10.2 Å². The van der Waals surface area contributed by atoms with E-state index in [1.54, 1.807) is 0 Å². The Labute approximate surface area is 140 Å². The van der Waals surface area contributed by atoms with Crippen LogP contribution in [0.5, 0.6) is 0 Å². The molecule has 0 heterocycles. The second-order valence-electron chi connectivity index (χ2n) is 5.12. The number of hydrogen-bond donors (Lipinski definition) is 2. The van der Waals surface area contributed by atoms with Gasteiger partial charge in [-0.25, -0.2) is 0 Å². The molecule has 0 radical (unpaired) electrons. The van der Waals surface area contributed by atoms with E-state index in [-0.39, 0.29) is 17.1 Å². The van der Waals surface area contributed by atoms with E-state index in [0.29, 0.717) is 12.8 Å². The molecule has 0 saturated carbocycles. The van der Waals surface area contributed by atoms with Gasteiger partial charge in [0.05, 0.1) is 0 Å². The molecule has 0 amide bonds. The number of carbonyl (C=O) groups is 2. The molecule has 4 nitrogen and oxygen atoms in total. The summed E-state index contributed by atoms with van der Waals surface area (Å²) in [6, 6.07) is 0. The fourth-order valence-electron chi connectivity index (χ4n) is 1.76. The second-order valence-corrected chi connectivity index (χ2v) is 5.12. The van der Waals surface area contributed by atoms with Crippen molar-refractivity contribution in [2.45, 2.75) is 90.9 Å². The molecule has 0 aromatic heterocycles. The van der Waals surface area contributed by atoms with Gasteiger partial charge in [-0.2, -0.15) is 0 Å². The van der Waals surface area contributed by atoms with Gasteiger partial charge in [0.25, 0.3) is 0 Å². The van der Waals surface area contributed by atoms with E-state index < -0.39 is 11.9 Å². The first-order valence-electron chi connectivity index (χ1n) is 7.98. The number of carboxylic acid groups (broad SMARTS) is 2. The van der Waals surface area contributed by atoms with Crippen molar-refractivity contribution in [2.24, 2.45) is 0 Å². The molecule has 0 aliphatic heterocycles. The Morgan fingerprint density at radius 3 is 1.14 bits per heavy atom. The van der Waals surface area contributed by atoms with Gasteiger partial charge in [-0.1, -0.05) is 65.2 Å². The first kappa shape index (κ1) is 25.4. The van der Waals surface area contributed by atoms with E-state index >= 15 is 0 Å². The van der Waals surface area contributed by atoms with Crippen molar-refractivity contribution in [1.29, 1.82) is 0 Å². The first-order valence-corrected chi connectivity index (χ1v) is 7.98. The van der Waals surface area contributed by atoms with Gasteiger partial charge in [0.15, 0.2) is 0 Å². The van der Waals surface area contributed by atoms with E-state index in [1.807, 2.05) is 0 Å². The van der Waals surface area contributed by atoms with Crippen LogP contribution in [0.25, 0.3) is 0 Å². The molecule has 21 heavy (non-hydrogen) atoms. The fourth-order valence-corrected chi connectivity index (χ4v) is 1.76. The van der Waals surface area contributed by atoms with E-state index in [1.165, 1.54) is 38.5 Å². The van der Waals surface area contributed by atoms with Crippen LogP contribution in [0.3, 0.4) is 0 Å². The summed E-state index contributed by atoms with van der Waals surface area (Å²) < 4.78 is 0. The summed E-state index contributed by atoms with van der Waals surface area (Å²) in [5, 5.41) is 16.5. The molecule has 0 aliphatic rings. The standard InChI is InChI=1S/2C8H16O2.Fe/c2*1-2-3-4-5-6-7-8(9)10;/h2*2-7H2,1H3,(H,9,10);. The Morgan fingerprint density at radius 1 is 0.619 bits per heavy atom. The van der Waals surface area contributed by atoms with Gasteiger partial charge in [0.2, 0.25) is 0 Å².